The molecule has 0 saturated carbocycles. The lowest BCUT2D eigenvalue weighted by molar-refractivity contribution is -0.150. The van der Waals surface area contributed by atoms with Crippen LogP contribution in [-0.2, 0) is 14.3 Å². The van der Waals surface area contributed by atoms with Crippen molar-refractivity contribution in [2.75, 3.05) is 0 Å². The Bertz CT molecular complexity index is 706. The number of carbonyl (C=O) groups excluding carboxylic acids is 1. The van der Waals surface area contributed by atoms with E-state index in [1.165, 1.54) is 218 Å². The summed E-state index contributed by atoms with van der Waals surface area (Å²) in [6.07, 6.45) is 54.4. The van der Waals surface area contributed by atoms with Gasteiger partial charge < -0.3 is 9.84 Å². The molecule has 1 atom stereocenters. The van der Waals surface area contributed by atoms with Gasteiger partial charge in [0, 0.05) is 12.8 Å². The molecule has 0 aliphatic heterocycles. The van der Waals surface area contributed by atoms with Crippen LogP contribution in [0.15, 0.2) is 0 Å². The predicted molar refractivity (Wildman–Crippen MR) is 227 cm³/mol. The maximum atomic E-state index is 12.7. The minimum atomic E-state index is -0.735. The molecule has 0 heterocycles. The Morgan fingerprint density at radius 2 is 0.577 bits per heavy atom. The van der Waals surface area contributed by atoms with Gasteiger partial charge in [-0.05, 0) is 38.5 Å². The molecule has 1 N–H and O–H groups in total. The van der Waals surface area contributed by atoms with E-state index in [1.54, 1.807) is 0 Å². The van der Waals surface area contributed by atoms with E-state index in [1.807, 2.05) is 0 Å². The molecule has 0 amide bonds. The first-order valence-electron chi connectivity index (χ1n) is 24.0. The van der Waals surface area contributed by atoms with Gasteiger partial charge >= 0.3 is 11.9 Å². The van der Waals surface area contributed by atoms with E-state index in [4.69, 9.17) is 9.84 Å². The Kier molecular flexibility index (Phi) is 43.4. The summed E-state index contributed by atoms with van der Waals surface area (Å²) >= 11 is 0. The minimum Gasteiger partial charge on any atom is -0.481 e. The summed E-state index contributed by atoms with van der Waals surface area (Å²) in [4.78, 5) is 23.6. The van der Waals surface area contributed by atoms with Crippen molar-refractivity contribution in [1.82, 2.24) is 0 Å². The van der Waals surface area contributed by atoms with Gasteiger partial charge in [0.2, 0.25) is 0 Å². The van der Waals surface area contributed by atoms with Gasteiger partial charge in [0.25, 0.3) is 0 Å². The monoisotopic (exact) mass is 735 g/mol. The van der Waals surface area contributed by atoms with Crippen molar-refractivity contribution in [2.45, 2.75) is 296 Å². The second-order valence-electron chi connectivity index (χ2n) is 16.7. The molecular weight excluding hydrogens is 641 g/mol. The van der Waals surface area contributed by atoms with E-state index in [2.05, 4.69) is 13.8 Å². The number of aliphatic carboxylic acids is 1. The number of esters is 1. The second-order valence-corrected chi connectivity index (χ2v) is 16.7. The molecule has 0 radical (unpaired) electrons. The van der Waals surface area contributed by atoms with Crippen LogP contribution >= 0.6 is 0 Å². The third-order valence-corrected chi connectivity index (χ3v) is 11.3. The summed E-state index contributed by atoms with van der Waals surface area (Å²) in [7, 11) is 0. The number of unbranched alkanes of at least 4 members (excludes halogenated alkanes) is 36. The Morgan fingerprint density at radius 3 is 0.865 bits per heavy atom. The molecular formula is C48H94O4. The van der Waals surface area contributed by atoms with Crippen molar-refractivity contribution in [3.8, 4) is 0 Å². The first kappa shape index (κ1) is 50.9. The molecule has 0 aromatic heterocycles. The highest BCUT2D eigenvalue weighted by Gasteiger charge is 2.14. The predicted octanol–water partition coefficient (Wildman–Crippen LogP) is 16.8. The number of carboxylic acid groups (broad SMARTS) is 1. The first-order chi connectivity index (χ1) is 25.6. The van der Waals surface area contributed by atoms with Crippen LogP contribution in [0.1, 0.15) is 290 Å². The van der Waals surface area contributed by atoms with Gasteiger partial charge in [-0.25, -0.2) is 0 Å². The molecule has 1 unspecified atom stereocenters. The van der Waals surface area contributed by atoms with Gasteiger partial charge in [-0.1, -0.05) is 239 Å². The topological polar surface area (TPSA) is 63.6 Å². The summed E-state index contributed by atoms with van der Waals surface area (Å²) in [5, 5.41) is 8.99. The van der Waals surface area contributed by atoms with Gasteiger partial charge in [0.1, 0.15) is 6.10 Å². The molecule has 0 bridgehead atoms. The van der Waals surface area contributed by atoms with E-state index >= 15 is 0 Å². The van der Waals surface area contributed by atoms with Gasteiger partial charge in [0.05, 0.1) is 0 Å². The normalized spacial score (nSPS) is 12.0. The van der Waals surface area contributed by atoms with E-state index in [9.17, 15) is 9.59 Å². The number of carboxylic acids is 1. The summed E-state index contributed by atoms with van der Waals surface area (Å²) in [5.74, 6) is -0.779. The zero-order valence-corrected chi connectivity index (χ0v) is 35.7. The summed E-state index contributed by atoms with van der Waals surface area (Å²) < 4.78 is 5.94. The highest BCUT2D eigenvalue weighted by atomic mass is 16.5. The smallest absolute Gasteiger partial charge is 0.306 e. The highest BCUT2D eigenvalue weighted by Crippen LogP contribution is 2.19. The number of hydrogen-bond acceptors (Lipinski definition) is 3. The second kappa shape index (κ2) is 44.3. The third kappa shape index (κ3) is 43.3. The lowest BCUT2D eigenvalue weighted by Gasteiger charge is -2.18. The highest BCUT2D eigenvalue weighted by molar-refractivity contribution is 5.69. The average Bonchev–Trinajstić information content (AvgIpc) is 3.13. The van der Waals surface area contributed by atoms with Gasteiger partial charge in [-0.15, -0.1) is 0 Å². The van der Waals surface area contributed by atoms with Crippen molar-refractivity contribution < 1.29 is 19.4 Å². The molecule has 310 valence electrons. The molecule has 0 fully saturated rings. The Morgan fingerprint density at radius 1 is 0.346 bits per heavy atom. The van der Waals surface area contributed by atoms with E-state index in [0.29, 0.717) is 12.8 Å². The van der Waals surface area contributed by atoms with Crippen molar-refractivity contribution in [3.05, 3.63) is 0 Å². The summed E-state index contributed by atoms with van der Waals surface area (Å²) in [6.45, 7) is 4.58. The molecule has 4 heteroatoms. The minimum absolute atomic E-state index is 0.0390. The molecule has 0 spiro atoms. The average molecular weight is 735 g/mol. The maximum Gasteiger partial charge on any atom is 0.306 e. The third-order valence-electron chi connectivity index (χ3n) is 11.3. The molecule has 0 aliphatic rings. The maximum absolute atomic E-state index is 12.7. The van der Waals surface area contributed by atoms with Crippen molar-refractivity contribution in [3.63, 3.8) is 0 Å². The van der Waals surface area contributed by atoms with E-state index in [-0.39, 0.29) is 18.5 Å². The molecule has 0 saturated heterocycles. The Labute approximate surface area is 326 Å². The van der Waals surface area contributed by atoms with Gasteiger partial charge in [-0.3, -0.25) is 9.59 Å². The van der Waals surface area contributed by atoms with Crippen LogP contribution in [-0.4, -0.2) is 23.1 Å². The van der Waals surface area contributed by atoms with Crippen molar-refractivity contribution >= 4 is 11.9 Å². The standard InChI is InChI=1S/C48H94O4/c1-3-5-7-9-11-13-15-17-19-21-22-23-24-25-27-29-31-33-35-37-39-45-48(51)52-46(43-40-41-44-47(49)50)42-38-36-34-32-30-28-26-20-18-16-14-12-10-8-6-4-2/h46H,3-45H2,1-2H3,(H,49,50). The first-order valence-corrected chi connectivity index (χ1v) is 24.0. The zero-order valence-electron chi connectivity index (χ0n) is 35.7. The van der Waals surface area contributed by atoms with Crippen LogP contribution in [0.2, 0.25) is 0 Å². The zero-order chi connectivity index (χ0) is 37.8. The van der Waals surface area contributed by atoms with Crippen LogP contribution in [0, 0.1) is 0 Å². The van der Waals surface area contributed by atoms with Crippen LogP contribution in [0.25, 0.3) is 0 Å². The van der Waals surface area contributed by atoms with Crippen LogP contribution in [0.5, 0.6) is 0 Å². The quantitative estimate of drug-likeness (QED) is 0.0500. The fourth-order valence-electron chi connectivity index (χ4n) is 7.78. The van der Waals surface area contributed by atoms with E-state index < -0.39 is 5.97 Å². The van der Waals surface area contributed by atoms with E-state index in [0.717, 1.165) is 38.5 Å². The Hall–Kier alpha value is -1.06. The number of ether oxygens (including phenoxy) is 1. The van der Waals surface area contributed by atoms with Crippen molar-refractivity contribution in [2.24, 2.45) is 0 Å². The number of hydrogen-bond donors (Lipinski definition) is 1. The summed E-state index contributed by atoms with van der Waals surface area (Å²) in [6, 6.07) is 0. The molecule has 0 aliphatic carbocycles. The van der Waals surface area contributed by atoms with Crippen LogP contribution < -0.4 is 0 Å². The molecule has 0 aromatic rings. The largest absolute Gasteiger partial charge is 0.481 e. The SMILES string of the molecule is CCCCCCCCCCCCCCCCCCCCCCCC(=O)OC(CCCCCCCCCCCCCCCCCC)CCCCC(=O)O. The molecule has 4 nitrogen and oxygen atoms in total. The summed E-state index contributed by atoms with van der Waals surface area (Å²) in [5.41, 5.74) is 0. The lowest BCUT2D eigenvalue weighted by atomic mass is 10.0. The number of carbonyl (C=O) groups is 2. The van der Waals surface area contributed by atoms with Gasteiger partial charge in [-0.2, -0.15) is 0 Å². The Balaban J connectivity index is 3.73. The fraction of sp³-hybridized carbons (Fsp3) is 0.958. The van der Waals surface area contributed by atoms with Crippen molar-refractivity contribution in [1.29, 1.82) is 0 Å². The molecule has 52 heavy (non-hydrogen) atoms. The van der Waals surface area contributed by atoms with Gasteiger partial charge in [0.15, 0.2) is 0 Å². The molecule has 0 rings (SSSR count). The van der Waals surface area contributed by atoms with Crippen LogP contribution in [0.4, 0.5) is 0 Å². The lowest BCUT2D eigenvalue weighted by Crippen LogP contribution is -2.18. The molecule has 0 aromatic carbocycles. The fourth-order valence-corrected chi connectivity index (χ4v) is 7.78. The van der Waals surface area contributed by atoms with Crippen LogP contribution in [0.3, 0.4) is 0 Å². The number of rotatable bonds is 45.